The van der Waals surface area contributed by atoms with Gasteiger partial charge in [0, 0.05) is 12.1 Å². The van der Waals surface area contributed by atoms with Gasteiger partial charge in [-0.25, -0.2) is 4.98 Å². The first-order valence-electron chi connectivity index (χ1n) is 6.50. The predicted octanol–water partition coefficient (Wildman–Crippen LogP) is 2.48. The molecule has 0 aliphatic heterocycles. The maximum Gasteiger partial charge on any atom is 0.332 e. The Kier molecular flexibility index (Phi) is 3.55. The second kappa shape index (κ2) is 4.99. The molecule has 1 aromatic heterocycles. The van der Waals surface area contributed by atoms with Gasteiger partial charge >= 0.3 is 5.69 Å². The number of nitrogens with zero attached hydrogens (tertiary/aromatic N) is 3. The van der Waals surface area contributed by atoms with Gasteiger partial charge in [0.2, 0.25) is 11.8 Å². The molecule has 0 unspecified atom stereocenters. The molecular formula is C12H19N5O2. The number of aromatic nitrogens is 2. The molecule has 0 spiro atoms. The van der Waals surface area contributed by atoms with Crippen molar-refractivity contribution in [1.82, 2.24) is 9.97 Å². The molecule has 0 amide bonds. The van der Waals surface area contributed by atoms with Gasteiger partial charge in [0.15, 0.2) is 0 Å². The number of rotatable bonds is 5. The van der Waals surface area contributed by atoms with E-state index in [-0.39, 0.29) is 11.2 Å². The van der Waals surface area contributed by atoms with Crippen molar-refractivity contribution in [2.75, 3.05) is 17.2 Å². The van der Waals surface area contributed by atoms with Gasteiger partial charge in [-0.2, -0.15) is 4.98 Å². The van der Waals surface area contributed by atoms with E-state index in [1.54, 1.807) is 6.92 Å². The summed E-state index contributed by atoms with van der Waals surface area (Å²) in [5.74, 6) is 0.742. The number of hydrogen-bond acceptors (Lipinski definition) is 6. The normalized spacial score (nSPS) is 16.6. The summed E-state index contributed by atoms with van der Waals surface area (Å²) >= 11 is 0. The van der Waals surface area contributed by atoms with Crippen molar-refractivity contribution in [2.24, 2.45) is 0 Å². The van der Waals surface area contributed by atoms with Crippen LogP contribution in [0.5, 0.6) is 0 Å². The van der Waals surface area contributed by atoms with E-state index in [0.29, 0.717) is 24.0 Å². The van der Waals surface area contributed by atoms with Crippen molar-refractivity contribution in [3.63, 3.8) is 0 Å². The maximum atomic E-state index is 11.2. The Morgan fingerprint density at radius 1 is 1.42 bits per heavy atom. The predicted molar refractivity (Wildman–Crippen MR) is 73.5 cm³/mol. The summed E-state index contributed by atoms with van der Waals surface area (Å²) in [6.07, 6.45) is 3.15. The number of hydrogen-bond donors (Lipinski definition) is 2. The summed E-state index contributed by atoms with van der Waals surface area (Å²) in [5, 5.41) is 17.4. The van der Waals surface area contributed by atoms with Gasteiger partial charge in [-0.05, 0) is 40.0 Å². The average Bonchev–Trinajstić information content (AvgIpc) is 2.26. The van der Waals surface area contributed by atoms with Crippen LogP contribution in [0.25, 0.3) is 0 Å². The first kappa shape index (κ1) is 13.5. The molecule has 1 heterocycles. The van der Waals surface area contributed by atoms with E-state index in [1.165, 1.54) is 0 Å². The third-order valence-corrected chi connectivity index (χ3v) is 3.45. The molecule has 104 valence electrons. The zero-order valence-electron chi connectivity index (χ0n) is 11.5. The highest BCUT2D eigenvalue weighted by Crippen LogP contribution is 2.37. The molecule has 2 rings (SSSR count). The number of aryl methyl sites for hydroxylation is 1. The summed E-state index contributed by atoms with van der Waals surface area (Å²) in [6, 6.07) is 0. The summed E-state index contributed by atoms with van der Waals surface area (Å²) < 4.78 is 0. The highest BCUT2D eigenvalue weighted by Gasteiger charge is 2.35. The minimum absolute atomic E-state index is 0.0326. The van der Waals surface area contributed by atoms with Crippen molar-refractivity contribution in [3.8, 4) is 0 Å². The third-order valence-electron chi connectivity index (χ3n) is 3.45. The van der Waals surface area contributed by atoms with Crippen LogP contribution in [-0.2, 0) is 0 Å². The lowest BCUT2D eigenvalue weighted by Crippen LogP contribution is -2.42. The van der Waals surface area contributed by atoms with Crippen molar-refractivity contribution in [1.29, 1.82) is 0 Å². The molecule has 1 fully saturated rings. The Balaban J connectivity index is 2.38. The van der Waals surface area contributed by atoms with Gasteiger partial charge in [-0.1, -0.05) is 0 Å². The van der Waals surface area contributed by atoms with Gasteiger partial charge in [-0.3, -0.25) is 10.1 Å². The number of nitrogens with one attached hydrogen (secondary N) is 2. The molecule has 7 heteroatoms. The van der Waals surface area contributed by atoms with Crippen molar-refractivity contribution in [3.05, 3.63) is 15.8 Å². The molecule has 0 radical (unpaired) electrons. The van der Waals surface area contributed by atoms with Crippen LogP contribution in [0.3, 0.4) is 0 Å². The quantitative estimate of drug-likeness (QED) is 0.627. The molecule has 0 saturated heterocycles. The zero-order chi connectivity index (χ0) is 14.0. The van der Waals surface area contributed by atoms with Gasteiger partial charge in [0.05, 0.1) is 4.92 Å². The summed E-state index contributed by atoms with van der Waals surface area (Å²) in [5.41, 5.74) is 0.255. The second-order valence-electron chi connectivity index (χ2n) is 5.16. The van der Waals surface area contributed by atoms with Gasteiger partial charge in [0.1, 0.15) is 5.69 Å². The molecule has 1 saturated carbocycles. The van der Waals surface area contributed by atoms with E-state index in [9.17, 15) is 10.1 Å². The molecule has 19 heavy (non-hydrogen) atoms. The maximum absolute atomic E-state index is 11.2. The lowest BCUT2D eigenvalue weighted by molar-refractivity contribution is -0.385. The van der Waals surface area contributed by atoms with Gasteiger partial charge in [0.25, 0.3) is 0 Å². The highest BCUT2D eigenvalue weighted by atomic mass is 16.6. The van der Waals surface area contributed by atoms with Crippen LogP contribution in [0.4, 0.5) is 17.5 Å². The zero-order valence-corrected chi connectivity index (χ0v) is 11.5. The Bertz CT molecular complexity index is 499. The summed E-state index contributed by atoms with van der Waals surface area (Å²) in [6.45, 7) is 6.30. The molecule has 1 aliphatic carbocycles. The fourth-order valence-corrected chi connectivity index (χ4v) is 2.23. The first-order chi connectivity index (χ1) is 8.95. The molecule has 0 atom stereocenters. The molecule has 2 N–H and O–H groups in total. The smallest absolute Gasteiger partial charge is 0.332 e. The van der Waals surface area contributed by atoms with Crippen molar-refractivity contribution >= 4 is 17.5 Å². The second-order valence-corrected chi connectivity index (χ2v) is 5.16. The number of nitro groups is 1. The van der Waals surface area contributed by atoms with E-state index in [0.717, 1.165) is 19.3 Å². The topological polar surface area (TPSA) is 93.0 Å². The molecule has 1 aromatic rings. The van der Waals surface area contributed by atoms with E-state index in [4.69, 9.17) is 0 Å². The van der Waals surface area contributed by atoms with Crippen LogP contribution in [0.15, 0.2) is 0 Å². The van der Waals surface area contributed by atoms with Crippen LogP contribution in [0, 0.1) is 17.0 Å². The largest absolute Gasteiger partial charge is 0.359 e. The number of anilines is 2. The van der Waals surface area contributed by atoms with Crippen LogP contribution >= 0.6 is 0 Å². The lowest BCUT2D eigenvalue weighted by atomic mass is 9.78. The van der Waals surface area contributed by atoms with Gasteiger partial charge in [-0.15, -0.1) is 0 Å². The monoisotopic (exact) mass is 265 g/mol. The Morgan fingerprint density at radius 2 is 2.11 bits per heavy atom. The SMILES string of the molecule is CCNc1nc(C)c([N+](=O)[O-])c(NC2(C)CCC2)n1. The Morgan fingerprint density at radius 3 is 2.58 bits per heavy atom. The van der Waals surface area contributed by atoms with E-state index < -0.39 is 4.92 Å². The highest BCUT2D eigenvalue weighted by molar-refractivity contribution is 5.62. The van der Waals surface area contributed by atoms with Crippen LogP contribution < -0.4 is 10.6 Å². The molecule has 7 nitrogen and oxygen atoms in total. The lowest BCUT2D eigenvalue weighted by Gasteiger charge is -2.39. The fourth-order valence-electron chi connectivity index (χ4n) is 2.23. The van der Waals surface area contributed by atoms with Crippen LogP contribution in [-0.4, -0.2) is 27.0 Å². The fraction of sp³-hybridized carbons (Fsp3) is 0.667. The van der Waals surface area contributed by atoms with Crippen LogP contribution in [0.2, 0.25) is 0 Å². The summed E-state index contributed by atoms with van der Waals surface area (Å²) in [7, 11) is 0. The first-order valence-corrected chi connectivity index (χ1v) is 6.50. The molecular weight excluding hydrogens is 246 g/mol. The minimum Gasteiger partial charge on any atom is -0.359 e. The standard InChI is InChI=1S/C12H19N5O2/c1-4-13-11-14-8(2)9(17(18)19)10(15-11)16-12(3)6-5-7-12/h4-7H2,1-3H3,(H2,13,14,15,16). The Labute approximate surface area is 112 Å². The van der Waals surface area contributed by atoms with E-state index in [2.05, 4.69) is 27.5 Å². The average molecular weight is 265 g/mol. The van der Waals surface area contributed by atoms with Crippen molar-refractivity contribution in [2.45, 2.75) is 45.6 Å². The Hall–Kier alpha value is -1.92. The molecule has 1 aliphatic rings. The van der Waals surface area contributed by atoms with Crippen molar-refractivity contribution < 1.29 is 4.92 Å². The summed E-state index contributed by atoms with van der Waals surface area (Å²) in [4.78, 5) is 19.1. The van der Waals surface area contributed by atoms with Gasteiger partial charge < -0.3 is 10.6 Å². The molecule has 0 bridgehead atoms. The van der Waals surface area contributed by atoms with E-state index in [1.807, 2.05) is 6.92 Å². The third kappa shape index (κ3) is 2.74. The minimum atomic E-state index is -0.421. The van der Waals surface area contributed by atoms with E-state index >= 15 is 0 Å². The van der Waals surface area contributed by atoms with Crippen LogP contribution in [0.1, 0.15) is 38.8 Å². The molecule has 0 aromatic carbocycles.